The van der Waals surface area contributed by atoms with Gasteiger partial charge in [-0.25, -0.2) is 9.02 Å². The number of likely N-dealkylation sites (tertiary alicyclic amines) is 1. The van der Waals surface area contributed by atoms with Crippen molar-refractivity contribution in [2.75, 3.05) is 19.6 Å². The third-order valence-electron chi connectivity index (χ3n) is 4.52. The first-order chi connectivity index (χ1) is 12.0. The molecule has 0 aliphatic carbocycles. The molecule has 0 saturated carbocycles. The second-order valence-electron chi connectivity index (χ2n) is 6.57. The van der Waals surface area contributed by atoms with Crippen LogP contribution in [0.4, 0.5) is 4.39 Å². The minimum Gasteiger partial charge on any atom is -0.337 e. The number of rotatable bonds is 5. The third-order valence-corrected chi connectivity index (χ3v) is 4.52. The molecule has 2 aromatic heterocycles. The van der Waals surface area contributed by atoms with E-state index in [9.17, 15) is 9.18 Å². The van der Waals surface area contributed by atoms with Gasteiger partial charge >= 0.3 is 0 Å². The molecule has 3 rings (SSSR count). The predicted octanol–water partition coefficient (Wildman–Crippen LogP) is 1.82. The Hall–Kier alpha value is -2.35. The van der Waals surface area contributed by atoms with Gasteiger partial charge in [0.1, 0.15) is 11.4 Å². The van der Waals surface area contributed by atoms with Gasteiger partial charge in [-0.2, -0.15) is 0 Å². The van der Waals surface area contributed by atoms with Crippen molar-refractivity contribution in [3.63, 3.8) is 0 Å². The highest BCUT2D eigenvalue weighted by atomic mass is 19.1. The molecule has 1 aliphatic heterocycles. The lowest BCUT2D eigenvalue weighted by atomic mass is 9.93. The first-order valence-corrected chi connectivity index (χ1v) is 8.36. The number of nitrogens with one attached hydrogen (secondary N) is 1. The minimum atomic E-state index is -1.32. The standard InChI is InChI=1S/C17H22FN5O2/c1-12-3-4-14(20-9-12)10-19-11-17(18)5-7-23(8-6-17)16(24)15-13(2)21-25-22-15/h3-4,9,19H,5-8,10-11H2,1-2H3. The van der Waals surface area contributed by atoms with Crippen LogP contribution in [0.25, 0.3) is 0 Å². The number of piperidine rings is 1. The van der Waals surface area contributed by atoms with Crippen LogP contribution in [0, 0.1) is 13.8 Å². The van der Waals surface area contributed by atoms with Crippen LogP contribution >= 0.6 is 0 Å². The number of amides is 1. The molecule has 0 radical (unpaired) electrons. The molecule has 0 unspecified atom stereocenters. The number of aromatic nitrogens is 3. The number of pyridine rings is 1. The van der Waals surface area contributed by atoms with E-state index in [-0.39, 0.29) is 31.0 Å². The van der Waals surface area contributed by atoms with Crippen LogP contribution in [0.2, 0.25) is 0 Å². The fourth-order valence-electron chi connectivity index (χ4n) is 2.88. The van der Waals surface area contributed by atoms with Gasteiger partial charge in [0.2, 0.25) is 0 Å². The zero-order valence-electron chi connectivity index (χ0n) is 14.5. The maximum absolute atomic E-state index is 14.9. The number of aryl methyl sites for hydroxylation is 2. The van der Waals surface area contributed by atoms with Crippen molar-refractivity contribution in [3.8, 4) is 0 Å². The van der Waals surface area contributed by atoms with Crippen LogP contribution in [0.1, 0.15) is 40.3 Å². The highest BCUT2D eigenvalue weighted by Crippen LogP contribution is 2.27. The predicted molar refractivity (Wildman–Crippen MR) is 88.7 cm³/mol. The third kappa shape index (κ3) is 4.19. The van der Waals surface area contributed by atoms with Crippen LogP contribution in [-0.2, 0) is 6.54 Å². The first kappa shape index (κ1) is 17.5. The lowest BCUT2D eigenvalue weighted by Gasteiger charge is -2.36. The maximum Gasteiger partial charge on any atom is 0.278 e. The summed E-state index contributed by atoms with van der Waals surface area (Å²) in [7, 11) is 0. The van der Waals surface area contributed by atoms with Crippen LogP contribution in [0.15, 0.2) is 23.0 Å². The monoisotopic (exact) mass is 347 g/mol. The molecule has 3 heterocycles. The summed E-state index contributed by atoms with van der Waals surface area (Å²) in [5.41, 5.74) is 1.32. The van der Waals surface area contributed by atoms with E-state index >= 15 is 0 Å². The molecule has 0 spiro atoms. The Kier molecular flexibility index (Phi) is 5.08. The molecule has 1 N–H and O–H groups in total. The largest absolute Gasteiger partial charge is 0.337 e. The molecule has 2 aromatic rings. The van der Waals surface area contributed by atoms with Crippen molar-refractivity contribution in [3.05, 3.63) is 41.0 Å². The Balaban J connectivity index is 1.48. The number of carbonyl (C=O) groups excluding carboxylic acids is 1. The smallest absolute Gasteiger partial charge is 0.278 e. The number of nitrogens with zero attached hydrogens (tertiary/aromatic N) is 4. The minimum absolute atomic E-state index is 0.204. The van der Waals surface area contributed by atoms with E-state index in [0.29, 0.717) is 25.3 Å². The number of halogens is 1. The summed E-state index contributed by atoms with van der Waals surface area (Å²) in [6.07, 6.45) is 2.38. The van der Waals surface area contributed by atoms with Crippen LogP contribution in [-0.4, -0.2) is 51.4 Å². The number of carbonyl (C=O) groups is 1. The Morgan fingerprint density at radius 1 is 1.32 bits per heavy atom. The molecule has 134 valence electrons. The summed E-state index contributed by atoms with van der Waals surface area (Å²) in [5.74, 6) is -0.252. The Morgan fingerprint density at radius 2 is 2.08 bits per heavy atom. The molecule has 1 amide bonds. The molecule has 0 aromatic carbocycles. The van der Waals surface area contributed by atoms with Crippen LogP contribution < -0.4 is 5.32 Å². The summed E-state index contributed by atoms with van der Waals surface area (Å²) in [6, 6.07) is 3.92. The zero-order valence-corrected chi connectivity index (χ0v) is 14.5. The Labute approximate surface area is 145 Å². The summed E-state index contributed by atoms with van der Waals surface area (Å²) in [5, 5.41) is 10.4. The molecule has 25 heavy (non-hydrogen) atoms. The number of hydrogen-bond donors (Lipinski definition) is 1. The van der Waals surface area contributed by atoms with Gasteiger partial charge in [-0.15, -0.1) is 0 Å². The Bertz CT molecular complexity index is 723. The fourth-order valence-corrected chi connectivity index (χ4v) is 2.88. The zero-order chi connectivity index (χ0) is 17.9. The fraction of sp³-hybridized carbons (Fsp3) is 0.529. The summed E-state index contributed by atoms with van der Waals surface area (Å²) >= 11 is 0. The van der Waals surface area contributed by atoms with E-state index < -0.39 is 5.67 Å². The van der Waals surface area contributed by atoms with Crippen molar-refractivity contribution >= 4 is 5.91 Å². The highest BCUT2D eigenvalue weighted by molar-refractivity contribution is 5.93. The van der Waals surface area contributed by atoms with Gasteiger partial charge in [-0.3, -0.25) is 9.78 Å². The SMILES string of the molecule is Cc1ccc(CNCC2(F)CCN(C(=O)c3nonc3C)CC2)nc1. The molecular formula is C17H22FN5O2. The quantitative estimate of drug-likeness (QED) is 0.888. The van der Waals surface area contributed by atoms with E-state index in [0.717, 1.165) is 11.3 Å². The van der Waals surface area contributed by atoms with Gasteiger partial charge < -0.3 is 10.2 Å². The summed E-state index contributed by atoms with van der Waals surface area (Å²) in [4.78, 5) is 18.2. The number of alkyl halides is 1. The van der Waals surface area contributed by atoms with Crippen LogP contribution in [0.3, 0.4) is 0 Å². The lowest BCUT2D eigenvalue weighted by molar-refractivity contribution is 0.0426. The molecule has 1 saturated heterocycles. The average molecular weight is 347 g/mol. The Morgan fingerprint density at radius 3 is 2.68 bits per heavy atom. The van der Waals surface area contributed by atoms with Crippen molar-refractivity contribution < 1.29 is 13.8 Å². The van der Waals surface area contributed by atoms with Gasteiger partial charge in [0.05, 0.1) is 5.69 Å². The van der Waals surface area contributed by atoms with Crippen molar-refractivity contribution in [1.29, 1.82) is 0 Å². The molecule has 7 nitrogen and oxygen atoms in total. The molecular weight excluding hydrogens is 325 g/mol. The average Bonchev–Trinajstić information content (AvgIpc) is 3.03. The van der Waals surface area contributed by atoms with Gasteiger partial charge in [-0.1, -0.05) is 11.2 Å². The summed E-state index contributed by atoms with van der Waals surface area (Å²) < 4.78 is 19.5. The van der Waals surface area contributed by atoms with Crippen molar-refractivity contribution in [2.45, 2.75) is 38.9 Å². The molecule has 1 fully saturated rings. The van der Waals surface area contributed by atoms with E-state index in [4.69, 9.17) is 0 Å². The topological polar surface area (TPSA) is 84.2 Å². The second-order valence-corrected chi connectivity index (χ2v) is 6.57. The molecule has 0 atom stereocenters. The highest BCUT2D eigenvalue weighted by Gasteiger charge is 2.36. The van der Waals surface area contributed by atoms with E-state index in [1.165, 1.54) is 0 Å². The van der Waals surface area contributed by atoms with E-state index in [1.54, 1.807) is 18.0 Å². The van der Waals surface area contributed by atoms with Crippen molar-refractivity contribution in [1.82, 2.24) is 25.5 Å². The van der Waals surface area contributed by atoms with Gasteiger partial charge in [0.15, 0.2) is 5.69 Å². The van der Waals surface area contributed by atoms with Gasteiger partial charge in [-0.05, 0) is 30.6 Å². The van der Waals surface area contributed by atoms with Gasteiger partial charge in [0.25, 0.3) is 5.91 Å². The summed E-state index contributed by atoms with van der Waals surface area (Å²) in [6.45, 7) is 5.12. The van der Waals surface area contributed by atoms with E-state index in [2.05, 4.69) is 25.2 Å². The first-order valence-electron chi connectivity index (χ1n) is 8.36. The molecule has 1 aliphatic rings. The number of hydrogen-bond acceptors (Lipinski definition) is 6. The lowest BCUT2D eigenvalue weighted by Crippen LogP contribution is -2.49. The van der Waals surface area contributed by atoms with E-state index in [1.807, 2.05) is 19.1 Å². The van der Waals surface area contributed by atoms with Crippen molar-refractivity contribution in [2.24, 2.45) is 0 Å². The molecule has 0 bridgehead atoms. The normalized spacial score (nSPS) is 16.8. The molecule has 8 heteroatoms. The van der Waals surface area contributed by atoms with Crippen LogP contribution in [0.5, 0.6) is 0 Å². The van der Waals surface area contributed by atoms with Gasteiger partial charge in [0, 0.05) is 45.2 Å². The maximum atomic E-state index is 14.9. The second kappa shape index (κ2) is 7.26.